The number of hydrogen-bond acceptors (Lipinski definition) is 14. The van der Waals surface area contributed by atoms with Gasteiger partial charge in [-0.2, -0.15) is 36.5 Å². The van der Waals surface area contributed by atoms with E-state index in [4.69, 9.17) is 9.47 Å². The van der Waals surface area contributed by atoms with E-state index in [0.29, 0.717) is 69.2 Å². The molecule has 488 valence electrons. The van der Waals surface area contributed by atoms with Gasteiger partial charge in [-0.1, -0.05) is 64.1 Å². The van der Waals surface area contributed by atoms with Crippen LogP contribution < -0.4 is 20.1 Å². The summed E-state index contributed by atoms with van der Waals surface area (Å²) in [4.78, 5) is 69.1. The number of alkyl halides is 6. The number of aliphatic hydroxyl groups is 2. The Balaban J connectivity index is 0.000000217. The number of para-hydroxylation sites is 2. The number of halogens is 6. The number of hydrogen-bond donors (Lipinski definition) is 4. The molecule has 2 fully saturated rings. The molecule has 92 heavy (non-hydrogen) atoms. The lowest BCUT2D eigenvalue weighted by Gasteiger charge is -2.43. The van der Waals surface area contributed by atoms with Gasteiger partial charge in [0, 0.05) is 96.8 Å². The summed E-state index contributed by atoms with van der Waals surface area (Å²) in [5, 5.41) is 34.7. The first-order valence-corrected chi connectivity index (χ1v) is 30.0. The summed E-state index contributed by atoms with van der Waals surface area (Å²) in [6.07, 6.45) is -7.25. The van der Waals surface area contributed by atoms with Crippen molar-refractivity contribution in [3.05, 3.63) is 154 Å². The SMILES string of the molecule is COc1ccc(-c2nc3c(C(=O)N4CCN([C@@H](CO)c5ccccc5NC(=O)C(C)C)C[C@H]4C)cnn3c(C(F)(F)F)c2C)cc1.COc1ccc(-c2nc3c(C(=O)N4CCN([C@H](CO)c5ccccc5NC(=O)C(C)C)C[C@H]4C)cnn3c(C(F)(F)F)c2C)cc1. The molecule has 20 nitrogen and oxygen atoms in total. The number of fused-ring (bicyclic) bond motifs is 2. The highest BCUT2D eigenvalue weighted by atomic mass is 19.4. The number of aliphatic hydroxyl groups excluding tert-OH is 2. The number of nitrogens with zero attached hydrogens (tertiary/aromatic N) is 10. The molecule has 4 aromatic heterocycles. The van der Waals surface area contributed by atoms with Gasteiger partial charge in [0.1, 0.15) is 22.6 Å². The number of nitrogens with one attached hydrogen (secondary N) is 2. The van der Waals surface area contributed by atoms with Crippen molar-refractivity contribution in [1.29, 1.82) is 0 Å². The largest absolute Gasteiger partial charge is 0.497 e. The van der Waals surface area contributed by atoms with Gasteiger partial charge >= 0.3 is 12.4 Å². The lowest BCUT2D eigenvalue weighted by molar-refractivity contribution is -0.144. The van der Waals surface area contributed by atoms with Gasteiger partial charge in [-0.05, 0) is 99.5 Å². The summed E-state index contributed by atoms with van der Waals surface area (Å²) >= 11 is 0. The molecule has 2 aliphatic rings. The normalized spacial score (nSPS) is 16.6. The Kier molecular flexibility index (Phi) is 20.4. The van der Waals surface area contributed by atoms with E-state index in [1.165, 1.54) is 28.1 Å². The average Bonchev–Trinajstić information content (AvgIpc) is 1.49. The van der Waals surface area contributed by atoms with Gasteiger partial charge in [0.2, 0.25) is 11.8 Å². The van der Waals surface area contributed by atoms with Gasteiger partial charge in [-0.25, -0.2) is 19.0 Å². The van der Waals surface area contributed by atoms with E-state index < -0.39 is 47.6 Å². The summed E-state index contributed by atoms with van der Waals surface area (Å²) in [5.74, 6) is -0.642. The number of amides is 4. The monoisotopic (exact) mass is 1280 g/mol. The fourth-order valence-corrected chi connectivity index (χ4v) is 11.8. The van der Waals surface area contributed by atoms with Crippen molar-refractivity contribution in [2.75, 3.05) is 77.3 Å². The molecule has 8 aromatic rings. The van der Waals surface area contributed by atoms with Crippen molar-refractivity contribution in [3.8, 4) is 34.0 Å². The van der Waals surface area contributed by atoms with Crippen molar-refractivity contribution < 1.29 is 65.2 Å². The number of piperazine rings is 2. The number of ether oxygens (including phenoxy) is 2. The molecule has 2 saturated heterocycles. The van der Waals surface area contributed by atoms with Crippen LogP contribution in [-0.4, -0.2) is 161 Å². The third-order valence-electron chi connectivity index (χ3n) is 16.8. The van der Waals surface area contributed by atoms with Crippen molar-refractivity contribution in [2.24, 2.45) is 11.8 Å². The van der Waals surface area contributed by atoms with Crippen LogP contribution in [0.5, 0.6) is 11.5 Å². The van der Waals surface area contributed by atoms with Crippen molar-refractivity contribution in [2.45, 2.75) is 91.9 Å². The lowest BCUT2D eigenvalue weighted by Crippen LogP contribution is -2.55. The van der Waals surface area contributed by atoms with Crippen LogP contribution >= 0.6 is 0 Å². The first kappa shape index (κ1) is 67.4. The number of methoxy groups -OCH3 is 2. The average molecular weight is 1280 g/mol. The fraction of sp³-hybridized carbons (Fsp3) is 0.394. The number of carbonyl (C=O) groups excluding carboxylic acids is 4. The van der Waals surface area contributed by atoms with Crippen LogP contribution in [0.2, 0.25) is 0 Å². The fourth-order valence-electron chi connectivity index (χ4n) is 11.8. The summed E-state index contributed by atoms with van der Waals surface area (Å²) in [7, 11) is 2.99. The quantitative estimate of drug-likeness (QED) is 0.0661. The summed E-state index contributed by atoms with van der Waals surface area (Å²) < 4.78 is 98.1. The van der Waals surface area contributed by atoms with Gasteiger partial charge in [0.15, 0.2) is 22.7 Å². The Morgan fingerprint density at radius 1 is 0.554 bits per heavy atom. The molecule has 2 aliphatic heterocycles. The van der Waals surface area contributed by atoms with E-state index in [-0.39, 0.29) is 107 Å². The maximum Gasteiger partial charge on any atom is 0.433 e. The first-order valence-electron chi connectivity index (χ1n) is 30.0. The van der Waals surface area contributed by atoms with E-state index >= 15 is 0 Å². The highest BCUT2D eigenvalue weighted by Gasteiger charge is 2.42. The van der Waals surface area contributed by atoms with Crippen LogP contribution in [-0.2, 0) is 21.9 Å². The molecule has 0 spiro atoms. The Morgan fingerprint density at radius 2 is 0.902 bits per heavy atom. The minimum Gasteiger partial charge on any atom is -0.497 e. The number of aromatic nitrogens is 6. The maximum atomic E-state index is 14.4. The van der Waals surface area contributed by atoms with Crippen LogP contribution in [0.1, 0.15) is 108 Å². The van der Waals surface area contributed by atoms with E-state index in [0.717, 1.165) is 23.5 Å². The van der Waals surface area contributed by atoms with Gasteiger partial charge in [-0.3, -0.25) is 29.0 Å². The second kappa shape index (κ2) is 27.9. The van der Waals surface area contributed by atoms with Gasteiger partial charge in [0.25, 0.3) is 11.8 Å². The molecule has 26 heteroatoms. The molecular weight excluding hydrogens is 1200 g/mol. The zero-order chi connectivity index (χ0) is 66.7. The molecule has 10 rings (SSSR count). The van der Waals surface area contributed by atoms with Crippen LogP contribution in [0.15, 0.2) is 109 Å². The predicted molar refractivity (Wildman–Crippen MR) is 333 cm³/mol. The van der Waals surface area contributed by atoms with Gasteiger partial charge in [-0.15, -0.1) is 0 Å². The Hall–Kier alpha value is -8.98. The molecular formula is C66H74F6N12O8. The zero-order valence-electron chi connectivity index (χ0n) is 52.6. The molecule has 4 atom stereocenters. The number of anilines is 2. The van der Waals surface area contributed by atoms with Gasteiger partial charge in [0.05, 0.1) is 63.3 Å². The lowest BCUT2D eigenvalue weighted by atomic mass is 10.0. The molecule has 4 aromatic carbocycles. The zero-order valence-corrected chi connectivity index (χ0v) is 52.6. The maximum absolute atomic E-state index is 14.4. The number of rotatable bonds is 16. The highest BCUT2D eigenvalue weighted by molar-refractivity contribution is 6.01. The van der Waals surface area contributed by atoms with Crippen molar-refractivity contribution >= 4 is 46.3 Å². The molecule has 6 heterocycles. The number of carbonyl (C=O) groups is 4. The Bertz CT molecular complexity index is 3730. The van der Waals surface area contributed by atoms with Crippen molar-refractivity contribution in [1.82, 2.24) is 48.8 Å². The first-order chi connectivity index (χ1) is 43.7. The molecule has 0 bridgehead atoms. The van der Waals surface area contributed by atoms with Crippen LogP contribution in [0.25, 0.3) is 33.8 Å². The Morgan fingerprint density at radius 3 is 1.21 bits per heavy atom. The van der Waals surface area contributed by atoms with Crippen LogP contribution in [0, 0.1) is 25.7 Å². The van der Waals surface area contributed by atoms with Crippen LogP contribution in [0.3, 0.4) is 0 Å². The molecule has 0 radical (unpaired) electrons. The molecule has 0 aliphatic carbocycles. The Labute approximate surface area is 527 Å². The third-order valence-corrected chi connectivity index (χ3v) is 16.8. The highest BCUT2D eigenvalue weighted by Crippen LogP contribution is 2.40. The van der Waals surface area contributed by atoms with E-state index in [2.05, 4.69) is 30.8 Å². The predicted octanol–water partition coefficient (Wildman–Crippen LogP) is 10.4. The smallest absolute Gasteiger partial charge is 0.433 e. The topological polar surface area (TPSA) is 225 Å². The molecule has 4 N–H and O–H groups in total. The molecule has 0 saturated carbocycles. The summed E-state index contributed by atoms with van der Waals surface area (Å²) in [5.41, 5.74) is 1.05. The van der Waals surface area contributed by atoms with Crippen molar-refractivity contribution in [3.63, 3.8) is 0 Å². The van der Waals surface area contributed by atoms with Crippen LogP contribution in [0.4, 0.5) is 37.7 Å². The molecule has 0 unspecified atom stereocenters. The minimum absolute atomic E-state index is 0.0407. The van der Waals surface area contributed by atoms with E-state index in [9.17, 15) is 55.7 Å². The second-order valence-electron chi connectivity index (χ2n) is 23.5. The second-order valence-corrected chi connectivity index (χ2v) is 23.5. The molecule has 4 amide bonds. The third kappa shape index (κ3) is 13.9. The van der Waals surface area contributed by atoms with E-state index in [1.807, 2.05) is 60.0 Å². The summed E-state index contributed by atoms with van der Waals surface area (Å²) in [6.45, 7) is 15.1. The van der Waals surface area contributed by atoms with Gasteiger partial charge < -0.3 is 40.1 Å². The van der Waals surface area contributed by atoms with E-state index in [1.54, 1.807) is 98.2 Å². The standard InChI is InChI=1S/2C33H37F3N6O4/c2*1-19(2)31(44)38-26-9-7-6-8-24(26)27(18-43)40-14-15-41(20(3)17-40)32(45)25-16-37-42-29(33(34,35)36)21(4)28(39-30(25)42)22-10-12-23(46-5)13-11-22/h2*6-13,16,19-20,27,43H,14-15,17-18H2,1-5H3,(H,38,44)/t20-,27+;20-,27-/m11/s1. The minimum atomic E-state index is -4.76. The summed E-state index contributed by atoms with van der Waals surface area (Å²) in [6, 6.07) is 25.9. The number of benzene rings is 4.